The third-order valence-electron chi connectivity index (χ3n) is 3.93. The summed E-state index contributed by atoms with van der Waals surface area (Å²) in [6.45, 7) is 2.04. The second-order valence-electron chi connectivity index (χ2n) is 5.48. The molecule has 0 aliphatic rings. The van der Waals surface area contributed by atoms with Crippen LogP contribution >= 0.6 is 0 Å². The van der Waals surface area contributed by atoms with Crippen LogP contribution in [-0.4, -0.2) is 29.4 Å². The molecule has 0 spiro atoms. The number of nitrogens with one attached hydrogen (secondary N) is 2. The molecule has 0 fully saturated rings. The Bertz CT molecular complexity index is 900. The van der Waals surface area contributed by atoms with E-state index in [1.807, 2.05) is 19.1 Å². The van der Waals surface area contributed by atoms with Gasteiger partial charge in [-0.15, -0.1) is 0 Å². The Labute approximate surface area is 143 Å². The molecular weight excluding hydrogens is 328 g/mol. The zero-order valence-corrected chi connectivity index (χ0v) is 13.8. The van der Waals surface area contributed by atoms with Gasteiger partial charge in [0, 0.05) is 22.8 Å². The molecule has 7 heteroatoms. The molecule has 3 rings (SSSR count). The quantitative estimate of drug-likeness (QED) is 0.734. The molecule has 0 aliphatic heterocycles. The van der Waals surface area contributed by atoms with E-state index < -0.39 is 12.3 Å². The summed E-state index contributed by atoms with van der Waals surface area (Å²) in [5.74, 6) is -0.814. The van der Waals surface area contributed by atoms with E-state index in [1.165, 1.54) is 0 Å². The second-order valence-corrected chi connectivity index (χ2v) is 5.48. The summed E-state index contributed by atoms with van der Waals surface area (Å²) in [7, 11) is 1.56. The Morgan fingerprint density at radius 3 is 2.80 bits per heavy atom. The lowest BCUT2D eigenvalue weighted by molar-refractivity contribution is -0.126. The predicted octanol–water partition coefficient (Wildman–Crippen LogP) is 4.00. The predicted molar refractivity (Wildman–Crippen MR) is 92.1 cm³/mol. The number of methoxy groups -OCH3 is 1. The highest BCUT2D eigenvalue weighted by Gasteiger charge is 2.17. The van der Waals surface area contributed by atoms with Crippen LogP contribution in [0.2, 0.25) is 0 Å². The number of pyridine rings is 1. The van der Waals surface area contributed by atoms with Crippen LogP contribution in [0.3, 0.4) is 0 Å². The van der Waals surface area contributed by atoms with Crippen molar-refractivity contribution in [3.8, 4) is 17.1 Å². The fraction of sp³-hybridized carbons (Fsp3) is 0.222. The molecule has 0 unspecified atom stereocenters. The number of anilines is 1. The van der Waals surface area contributed by atoms with Gasteiger partial charge in [-0.3, -0.25) is 4.79 Å². The number of carbonyl (C=O) groups is 1. The third-order valence-corrected chi connectivity index (χ3v) is 3.93. The number of rotatable bonds is 5. The average Bonchev–Trinajstić information content (AvgIpc) is 3.03. The topological polar surface area (TPSA) is 67.0 Å². The van der Waals surface area contributed by atoms with Crippen LogP contribution < -0.4 is 10.1 Å². The number of aromatic nitrogens is 2. The van der Waals surface area contributed by atoms with Gasteiger partial charge in [-0.25, -0.2) is 4.98 Å². The van der Waals surface area contributed by atoms with Crippen LogP contribution in [0.25, 0.3) is 22.2 Å². The van der Waals surface area contributed by atoms with Gasteiger partial charge < -0.3 is 15.0 Å². The van der Waals surface area contributed by atoms with Gasteiger partial charge in [0.1, 0.15) is 0 Å². The van der Waals surface area contributed by atoms with Gasteiger partial charge in [0.2, 0.25) is 5.88 Å². The van der Waals surface area contributed by atoms with Crippen LogP contribution in [0, 0.1) is 0 Å². The largest absolute Gasteiger partial charge is 0.480 e. The summed E-state index contributed by atoms with van der Waals surface area (Å²) in [6, 6.07) is 8.82. The van der Waals surface area contributed by atoms with Crippen LogP contribution in [-0.2, 0) is 11.2 Å². The van der Waals surface area contributed by atoms with Crippen LogP contribution in [0.1, 0.15) is 12.5 Å². The van der Waals surface area contributed by atoms with Gasteiger partial charge in [-0.1, -0.05) is 13.0 Å². The third kappa shape index (κ3) is 3.31. The monoisotopic (exact) mass is 345 g/mol. The molecule has 130 valence electrons. The maximum absolute atomic E-state index is 12.4. The van der Waals surface area contributed by atoms with Crippen molar-refractivity contribution >= 4 is 22.5 Å². The Hall–Kier alpha value is -2.96. The molecular formula is C18H17F2N3O2. The molecule has 2 aromatic heterocycles. The molecule has 2 N–H and O–H groups in total. The zero-order chi connectivity index (χ0) is 18.0. The Balaban J connectivity index is 2.04. The number of hydrogen-bond donors (Lipinski definition) is 2. The number of ether oxygens (including phenoxy) is 1. The Kier molecular flexibility index (Phi) is 4.65. The second kappa shape index (κ2) is 6.88. The van der Waals surface area contributed by atoms with E-state index >= 15 is 0 Å². The summed E-state index contributed by atoms with van der Waals surface area (Å²) in [5.41, 5.74) is 3.77. The van der Waals surface area contributed by atoms with Crippen molar-refractivity contribution in [1.82, 2.24) is 9.97 Å². The van der Waals surface area contributed by atoms with Crippen LogP contribution in [0.4, 0.5) is 14.5 Å². The number of nitrogens with zero attached hydrogens (tertiary/aromatic N) is 1. The van der Waals surface area contributed by atoms with E-state index in [4.69, 9.17) is 4.74 Å². The van der Waals surface area contributed by atoms with E-state index in [0.29, 0.717) is 11.6 Å². The van der Waals surface area contributed by atoms with Crippen molar-refractivity contribution < 1.29 is 18.3 Å². The van der Waals surface area contributed by atoms with Crippen LogP contribution in [0.15, 0.2) is 36.5 Å². The van der Waals surface area contributed by atoms with E-state index in [9.17, 15) is 13.6 Å². The first kappa shape index (κ1) is 16.9. The summed E-state index contributed by atoms with van der Waals surface area (Å²) in [4.78, 5) is 18.6. The van der Waals surface area contributed by atoms with E-state index in [2.05, 4.69) is 15.3 Å². The summed E-state index contributed by atoms with van der Waals surface area (Å²) in [6.07, 6.45) is -0.553. The first-order valence-corrected chi connectivity index (χ1v) is 7.77. The molecule has 1 aromatic carbocycles. The Morgan fingerprint density at radius 1 is 1.32 bits per heavy atom. The van der Waals surface area contributed by atoms with Crippen molar-refractivity contribution in [3.05, 3.63) is 42.1 Å². The normalized spacial score (nSPS) is 11.1. The number of carbonyl (C=O) groups excluding carboxylic acids is 1. The number of benzene rings is 1. The molecule has 0 bridgehead atoms. The number of hydrogen-bond acceptors (Lipinski definition) is 3. The van der Waals surface area contributed by atoms with Gasteiger partial charge in [-0.2, -0.15) is 8.78 Å². The van der Waals surface area contributed by atoms with E-state index in [1.54, 1.807) is 31.5 Å². The number of amides is 1. The minimum atomic E-state index is -3.05. The minimum Gasteiger partial charge on any atom is -0.480 e. The number of aryl methyl sites for hydroxylation is 1. The average molecular weight is 345 g/mol. The molecule has 3 aromatic rings. The van der Waals surface area contributed by atoms with Crippen molar-refractivity contribution in [1.29, 1.82) is 0 Å². The lowest BCUT2D eigenvalue weighted by Crippen LogP contribution is -2.19. The molecule has 0 saturated heterocycles. The molecule has 0 aliphatic carbocycles. The zero-order valence-electron chi connectivity index (χ0n) is 13.8. The Morgan fingerprint density at radius 2 is 2.12 bits per heavy atom. The fourth-order valence-electron chi connectivity index (χ4n) is 2.75. The molecule has 5 nitrogen and oxygen atoms in total. The smallest absolute Gasteiger partial charge is 0.315 e. The molecule has 25 heavy (non-hydrogen) atoms. The lowest BCUT2D eigenvalue weighted by Gasteiger charge is -2.10. The number of H-pyrrole nitrogens is 1. The SMILES string of the molecule is CCc1ccnc(OC)c1-c1cc2ccc(NC(=O)C(F)F)cc2[nH]1. The van der Waals surface area contributed by atoms with E-state index in [-0.39, 0.29) is 0 Å². The maximum Gasteiger partial charge on any atom is 0.315 e. The van der Waals surface area contributed by atoms with Crippen LogP contribution in [0.5, 0.6) is 5.88 Å². The summed E-state index contributed by atoms with van der Waals surface area (Å²) >= 11 is 0. The summed E-state index contributed by atoms with van der Waals surface area (Å²) in [5, 5.41) is 3.07. The number of alkyl halides is 2. The van der Waals surface area contributed by atoms with Gasteiger partial charge in [0.15, 0.2) is 0 Å². The first-order valence-electron chi connectivity index (χ1n) is 7.77. The summed E-state index contributed by atoms with van der Waals surface area (Å²) < 4.78 is 30.1. The van der Waals surface area contributed by atoms with Crippen molar-refractivity contribution in [3.63, 3.8) is 0 Å². The standard InChI is InChI=1S/C18H17F2N3O2/c1-3-10-6-7-21-18(25-2)15(10)14-8-11-4-5-12(9-13(11)23-14)22-17(24)16(19)20/h4-9,16,23H,3H2,1-2H3,(H,22,24). The minimum absolute atomic E-state index is 0.306. The van der Waals surface area contributed by atoms with Crippen molar-refractivity contribution in [2.75, 3.05) is 12.4 Å². The van der Waals surface area contributed by atoms with Gasteiger partial charge in [-0.05, 0) is 36.2 Å². The maximum atomic E-state index is 12.4. The molecule has 2 heterocycles. The molecule has 0 atom stereocenters. The first-order chi connectivity index (χ1) is 12.0. The molecule has 0 radical (unpaired) electrons. The van der Waals surface area contributed by atoms with Crippen molar-refractivity contribution in [2.24, 2.45) is 0 Å². The fourth-order valence-corrected chi connectivity index (χ4v) is 2.75. The molecule has 0 saturated carbocycles. The van der Waals surface area contributed by atoms with Gasteiger partial charge in [0.25, 0.3) is 5.91 Å². The highest BCUT2D eigenvalue weighted by atomic mass is 19.3. The number of halogens is 2. The number of aromatic amines is 1. The lowest BCUT2D eigenvalue weighted by atomic mass is 10.0. The van der Waals surface area contributed by atoms with Gasteiger partial charge >= 0.3 is 6.43 Å². The molecule has 1 amide bonds. The number of fused-ring (bicyclic) bond motifs is 1. The highest BCUT2D eigenvalue weighted by molar-refractivity contribution is 5.96. The van der Waals surface area contributed by atoms with E-state index in [0.717, 1.165) is 34.1 Å². The van der Waals surface area contributed by atoms with Crippen molar-refractivity contribution in [2.45, 2.75) is 19.8 Å². The van der Waals surface area contributed by atoms with Gasteiger partial charge in [0.05, 0.1) is 18.4 Å². The highest BCUT2D eigenvalue weighted by Crippen LogP contribution is 2.34.